The smallest absolute Gasteiger partial charge is 0.326 e. The maximum atomic E-state index is 12.9. The second-order valence-corrected chi connectivity index (χ2v) is 8.53. The minimum Gasteiger partial charge on any atom is -0.480 e. The number of pyridine rings is 1. The molecular weight excluding hydrogens is 448 g/mol. The molecule has 30 heavy (non-hydrogen) atoms. The largest absolute Gasteiger partial charge is 0.480 e. The lowest BCUT2D eigenvalue weighted by molar-refractivity contribution is -0.139. The Morgan fingerprint density at radius 2 is 1.87 bits per heavy atom. The van der Waals surface area contributed by atoms with Gasteiger partial charge >= 0.3 is 5.97 Å². The zero-order valence-corrected chi connectivity index (χ0v) is 18.3. The number of carboxylic acids is 1. The van der Waals surface area contributed by atoms with Crippen molar-refractivity contribution in [2.24, 2.45) is 5.92 Å². The van der Waals surface area contributed by atoms with Crippen molar-refractivity contribution in [2.75, 3.05) is 0 Å². The monoisotopic (exact) mass is 470 g/mol. The van der Waals surface area contributed by atoms with Crippen LogP contribution in [0.25, 0.3) is 10.9 Å². The summed E-state index contributed by atoms with van der Waals surface area (Å²) in [6.07, 6.45) is 2.31. The summed E-state index contributed by atoms with van der Waals surface area (Å²) in [7, 11) is 0. The molecule has 7 heteroatoms. The molecule has 156 valence electrons. The van der Waals surface area contributed by atoms with Crippen LogP contribution in [0.4, 0.5) is 0 Å². The Morgan fingerprint density at radius 1 is 1.17 bits per heavy atom. The first kappa shape index (κ1) is 21.8. The molecule has 0 radical (unpaired) electrons. The summed E-state index contributed by atoms with van der Waals surface area (Å²) in [6.45, 7) is 3.74. The van der Waals surface area contributed by atoms with Crippen LogP contribution in [0.15, 0.2) is 57.9 Å². The lowest BCUT2D eigenvalue weighted by Crippen LogP contribution is -2.43. The topological polar surface area (TPSA) is 99.3 Å². The summed E-state index contributed by atoms with van der Waals surface area (Å²) in [5.74, 6) is -1.74. The van der Waals surface area contributed by atoms with Crippen molar-refractivity contribution in [1.82, 2.24) is 10.3 Å². The standard InChI is InChI=1S/C23H23BrN2O4/c1-13(2)8-20(23(29)30)26-22(28)17-12-25-19-10-15(9-14-6-4-3-5-7-14)18(24)11-16(19)21(17)27/h3-7,10-13,20H,8-9H2,1-2H3,(H,25,27)(H,26,28)(H,29,30)/t20-/m0/s1. The molecule has 0 fully saturated rings. The number of H-pyrrole nitrogens is 1. The normalized spacial score (nSPS) is 12.1. The Morgan fingerprint density at radius 3 is 2.50 bits per heavy atom. The van der Waals surface area contributed by atoms with E-state index in [0.717, 1.165) is 15.6 Å². The van der Waals surface area contributed by atoms with Gasteiger partial charge in [0.1, 0.15) is 11.6 Å². The highest BCUT2D eigenvalue weighted by atomic mass is 79.9. The number of aliphatic carboxylic acids is 1. The minimum atomic E-state index is -1.12. The summed E-state index contributed by atoms with van der Waals surface area (Å²) >= 11 is 3.53. The van der Waals surface area contributed by atoms with Crippen molar-refractivity contribution in [2.45, 2.75) is 32.7 Å². The maximum absolute atomic E-state index is 12.9. The van der Waals surface area contributed by atoms with Gasteiger partial charge in [-0.15, -0.1) is 0 Å². The fourth-order valence-corrected chi connectivity index (χ4v) is 3.82. The number of hydrogen-bond acceptors (Lipinski definition) is 3. The predicted octanol–water partition coefficient (Wildman–Crippen LogP) is 4.11. The van der Waals surface area contributed by atoms with Crippen LogP contribution < -0.4 is 10.7 Å². The SMILES string of the molecule is CC(C)C[C@H](NC(=O)c1c[nH]c2cc(Cc3ccccc3)c(Br)cc2c1=O)C(=O)O. The summed E-state index contributed by atoms with van der Waals surface area (Å²) in [4.78, 5) is 39.9. The number of nitrogens with one attached hydrogen (secondary N) is 2. The van der Waals surface area contributed by atoms with Crippen molar-refractivity contribution in [1.29, 1.82) is 0 Å². The third-order valence-corrected chi connectivity index (χ3v) is 5.58. The van der Waals surface area contributed by atoms with E-state index in [1.165, 1.54) is 6.20 Å². The molecule has 0 saturated heterocycles. The van der Waals surface area contributed by atoms with Crippen LogP contribution in [0.5, 0.6) is 0 Å². The summed E-state index contributed by atoms with van der Waals surface area (Å²) in [5, 5.41) is 12.2. The Balaban J connectivity index is 1.92. The van der Waals surface area contributed by atoms with E-state index >= 15 is 0 Å². The molecule has 0 aliphatic rings. The second kappa shape index (κ2) is 9.26. The molecule has 0 spiro atoms. The lowest BCUT2D eigenvalue weighted by Gasteiger charge is -2.16. The predicted molar refractivity (Wildman–Crippen MR) is 120 cm³/mol. The summed E-state index contributed by atoms with van der Waals surface area (Å²) in [6, 6.07) is 12.5. The van der Waals surface area contributed by atoms with Gasteiger partial charge in [-0.05, 0) is 42.0 Å². The van der Waals surface area contributed by atoms with Gasteiger partial charge in [0.15, 0.2) is 0 Å². The van der Waals surface area contributed by atoms with Crippen LogP contribution in [-0.4, -0.2) is 28.0 Å². The highest BCUT2D eigenvalue weighted by Crippen LogP contribution is 2.24. The second-order valence-electron chi connectivity index (χ2n) is 7.68. The van der Waals surface area contributed by atoms with Gasteiger partial charge in [-0.25, -0.2) is 4.79 Å². The number of aromatic amines is 1. The molecule has 3 rings (SSSR count). The average molecular weight is 471 g/mol. The Kier molecular flexibility index (Phi) is 6.72. The molecular formula is C23H23BrN2O4. The molecule has 0 aliphatic carbocycles. The fraction of sp³-hybridized carbons (Fsp3) is 0.261. The van der Waals surface area contributed by atoms with Gasteiger partial charge < -0.3 is 15.4 Å². The molecule has 1 aromatic heterocycles. The molecule has 3 N–H and O–H groups in total. The number of carbonyl (C=O) groups excluding carboxylic acids is 1. The van der Waals surface area contributed by atoms with Gasteiger partial charge in [0.2, 0.25) is 5.43 Å². The van der Waals surface area contributed by atoms with Crippen LogP contribution in [0.1, 0.15) is 41.8 Å². The number of carboxylic acid groups (broad SMARTS) is 1. The first-order valence-electron chi connectivity index (χ1n) is 9.67. The van der Waals surface area contributed by atoms with Crippen molar-refractivity contribution in [3.63, 3.8) is 0 Å². The number of hydrogen-bond donors (Lipinski definition) is 3. The van der Waals surface area contributed by atoms with E-state index in [4.69, 9.17) is 0 Å². The number of halogens is 1. The number of aromatic nitrogens is 1. The Labute approximate surface area is 182 Å². The van der Waals surface area contributed by atoms with E-state index in [2.05, 4.69) is 26.2 Å². The third kappa shape index (κ3) is 4.97. The van der Waals surface area contributed by atoms with Crippen LogP contribution in [0.3, 0.4) is 0 Å². The number of benzene rings is 2. The zero-order valence-electron chi connectivity index (χ0n) is 16.7. The van der Waals surface area contributed by atoms with Gasteiger partial charge in [0.05, 0.1) is 0 Å². The Hall–Kier alpha value is -2.93. The molecule has 1 amide bonds. The van der Waals surface area contributed by atoms with Gasteiger partial charge in [0.25, 0.3) is 5.91 Å². The maximum Gasteiger partial charge on any atom is 0.326 e. The van der Waals surface area contributed by atoms with E-state index in [1.807, 2.05) is 50.2 Å². The lowest BCUT2D eigenvalue weighted by atomic mass is 10.0. The van der Waals surface area contributed by atoms with Crippen LogP contribution in [0.2, 0.25) is 0 Å². The molecule has 6 nitrogen and oxygen atoms in total. The summed E-state index contributed by atoms with van der Waals surface area (Å²) < 4.78 is 0.769. The quantitative estimate of drug-likeness (QED) is 0.483. The molecule has 0 bridgehead atoms. The van der Waals surface area contributed by atoms with Crippen molar-refractivity contribution in [3.05, 3.63) is 80.0 Å². The number of rotatable bonds is 7. The minimum absolute atomic E-state index is 0.0836. The fourth-order valence-electron chi connectivity index (χ4n) is 3.33. The molecule has 0 aliphatic heterocycles. The first-order chi connectivity index (χ1) is 14.3. The van der Waals surface area contributed by atoms with E-state index in [9.17, 15) is 19.5 Å². The molecule has 0 saturated carbocycles. The van der Waals surface area contributed by atoms with Crippen LogP contribution in [0, 0.1) is 5.92 Å². The highest BCUT2D eigenvalue weighted by Gasteiger charge is 2.23. The number of fused-ring (bicyclic) bond motifs is 1. The molecule has 2 aromatic carbocycles. The zero-order chi connectivity index (χ0) is 21.8. The van der Waals surface area contributed by atoms with Gasteiger partial charge in [-0.1, -0.05) is 60.1 Å². The van der Waals surface area contributed by atoms with Crippen molar-refractivity contribution in [3.8, 4) is 0 Å². The highest BCUT2D eigenvalue weighted by molar-refractivity contribution is 9.10. The van der Waals surface area contributed by atoms with Crippen LogP contribution >= 0.6 is 15.9 Å². The van der Waals surface area contributed by atoms with Crippen LogP contribution in [-0.2, 0) is 11.2 Å². The molecule has 3 aromatic rings. The first-order valence-corrected chi connectivity index (χ1v) is 10.5. The summed E-state index contributed by atoms with van der Waals surface area (Å²) in [5.41, 5.74) is 2.20. The van der Waals surface area contributed by atoms with E-state index in [-0.39, 0.29) is 17.9 Å². The van der Waals surface area contributed by atoms with Crippen molar-refractivity contribution < 1.29 is 14.7 Å². The third-order valence-electron chi connectivity index (χ3n) is 4.84. The van der Waals surface area contributed by atoms with E-state index in [1.54, 1.807) is 6.07 Å². The molecule has 1 atom stereocenters. The van der Waals surface area contributed by atoms with Gasteiger partial charge in [0, 0.05) is 21.6 Å². The van der Waals surface area contributed by atoms with Gasteiger partial charge in [-0.2, -0.15) is 0 Å². The van der Waals surface area contributed by atoms with Crippen molar-refractivity contribution >= 4 is 38.7 Å². The number of carbonyl (C=O) groups is 2. The van der Waals surface area contributed by atoms with Gasteiger partial charge in [-0.3, -0.25) is 9.59 Å². The Bertz CT molecular complexity index is 1140. The van der Waals surface area contributed by atoms with E-state index in [0.29, 0.717) is 17.3 Å². The molecule has 1 heterocycles. The average Bonchev–Trinajstić information content (AvgIpc) is 2.69. The van der Waals surface area contributed by atoms with E-state index < -0.39 is 23.3 Å². The number of amides is 1. The molecule has 0 unspecified atom stereocenters.